The molecule has 1 aromatic rings. The number of aliphatic hydroxyl groups excluding tert-OH is 2. The summed E-state index contributed by atoms with van der Waals surface area (Å²) in [5.41, 5.74) is 5.03. The minimum atomic E-state index is -1.88. The van der Waals surface area contributed by atoms with Crippen molar-refractivity contribution in [2.24, 2.45) is 15.7 Å². The molecule has 22 heavy (non-hydrogen) atoms. The van der Waals surface area contributed by atoms with Crippen LogP contribution in [0.25, 0.3) is 10.4 Å². The first-order chi connectivity index (χ1) is 10.3. The largest absolute Gasteiger partial charge is 0.408 e. The lowest BCUT2D eigenvalue weighted by Crippen LogP contribution is -2.45. The lowest BCUT2D eigenvalue weighted by atomic mass is 9.82. The predicted molar refractivity (Wildman–Crippen MR) is 71.3 cm³/mol. The van der Waals surface area contributed by atoms with Gasteiger partial charge in [-0.2, -0.15) is 0 Å². The summed E-state index contributed by atoms with van der Waals surface area (Å²) < 4.78 is 6.84. The van der Waals surface area contributed by atoms with Gasteiger partial charge < -0.3 is 20.2 Å². The highest BCUT2D eigenvalue weighted by Gasteiger charge is 2.59. The molecule has 1 aliphatic rings. The number of aromatic nitrogens is 2. The SMILES string of the molecule is CC1(C)[C@H](n2ccc(=O)[nH]/c2=N\O)O[C@@](CO)(N=[N+]=[N-])[C@H]1O. The molecule has 2 rings (SSSR count). The second kappa shape index (κ2) is 5.46. The van der Waals surface area contributed by atoms with Gasteiger partial charge in [0.25, 0.3) is 5.56 Å². The van der Waals surface area contributed by atoms with Crippen LogP contribution in [0.4, 0.5) is 0 Å². The van der Waals surface area contributed by atoms with Crippen molar-refractivity contribution in [3.8, 4) is 0 Å². The van der Waals surface area contributed by atoms with Gasteiger partial charge in [-0.25, -0.2) is 0 Å². The summed E-state index contributed by atoms with van der Waals surface area (Å²) in [7, 11) is 0. The molecule has 11 heteroatoms. The first-order valence-electron chi connectivity index (χ1n) is 6.35. The predicted octanol–water partition coefficient (Wildman–Crippen LogP) is -0.619. The van der Waals surface area contributed by atoms with Crippen LogP contribution < -0.4 is 11.2 Å². The molecule has 0 amide bonds. The van der Waals surface area contributed by atoms with Crippen LogP contribution >= 0.6 is 0 Å². The molecule has 0 bridgehead atoms. The van der Waals surface area contributed by atoms with Gasteiger partial charge in [0.2, 0.25) is 5.62 Å². The zero-order valence-electron chi connectivity index (χ0n) is 11.9. The fraction of sp³-hybridized carbons (Fsp3) is 0.636. The first kappa shape index (κ1) is 16.0. The highest BCUT2D eigenvalue weighted by Crippen LogP contribution is 2.49. The number of nitrogens with zero attached hydrogens (tertiary/aromatic N) is 5. The minimum absolute atomic E-state index is 0.215. The van der Waals surface area contributed by atoms with E-state index in [0.29, 0.717) is 0 Å². The zero-order chi connectivity index (χ0) is 16.5. The van der Waals surface area contributed by atoms with E-state index in [9.17, 15) is 15.0 Å². The smallest absolute Gasteiger partial charge is 0.252 e. The Bertz CT molecular complexity index is 733. The van der Waals surface area contributed by atoms with Gasteiger partial charge in [-0.1, -0.05) is 24.1 Å². The van der Waals surface area contributed by atoms with Gasteiger partial charge in [0.05, 0.1) is 6.61 Å². The van der Waals surface area contributed by atoms with Crippen LogP contribution in [-0.2, 0) is 4.74 Å². The second-order valence-corrected chi connectivity index (χ2v) is 5.52. The quantitative estimate of drug-likeness (QED) is 0.191. The van der Waals surface area contributed by atoms with E-state index in [1.807, 2.05) is 0 Å². The molecule has 120 valence electrons. The third-order valence-electron chi connectivity index (χ3n) is 3.74. The Balaban J connectivity index is 2.63. The summed E-state index contributed by atoms with van der Waals surface area (Å²) in [6, 6.07) is 1.17. The van der Waals surface area contributed by atoms with Crippen LogP contribution in [0.3, 0.4) is 0 Å². The minimum Gasteiger partial charge on any atom is -0.408 e. The van der Waals surface area contributed by atoms with E-state index in [0.717, 1.165) is 0 Å². The fourth-order valence-corrected chi connectivity index (χ4v) is 2.55. The van der Waals surface area contributed by atoms with Crippen LogP contribution in [-0.4, -0.2) is 43.4 Å². The number of hydrogen-bond donors (Lipinski definition) is 4. The van der Waals surface area contributed by atoms with Crippen LogP contribution in [0.5, 0.6) is 0 Å². The van der Waals surface area contributed by atoms with Gasteiger partial charge in [-0.15, -0.1) is 0 Å². The van der Waals surface area contributed by atoms with Crippen molar-refractivity contribution in [2.45, 2.75) is 31.9 Å². The average Bonchev–Trinajstić information content (AvgIpc) is 2.69. The second-order valence-electron chi connectivity index (χ2n) is 5.52. The lowest BCUT2D eigenvalue weighted by Gasteiger charge is -2.30. The number of azide groups is 1. The first-order valence-corrected chi connectivity index (χ1v) is 6.35. The van der Waals surface area contributed by atoms with Gasteiger partial charge in [-0.3, -0.25) is 14.3 Å². The van der Waals surface area contributed by atoms with E-state index in [1.165, 1.54) is 16.8 Å². The molecule has 0 saturated carbocycles. The van der Waals surface area contributed by atoms with Crippen molar-refractivity contribution in [1.29, 1.82) is 0 Å². The molecular formula is C11H16N6O5. The molecule has 3 atom stereocenters. The van der Waals surface area contributed by atoms with Crippen molar-refractivity contribution >= 4 is 0 Å². The molecule has 1 aromatic heterocycles. The Labute approximate surface area is 123 Å². The van der Waals surface area contributed by atoms with E-state index in [2.05, 4.69) is 20.2 Å². The Kier molecular flexibility index (Phi) is 3.98. The molecular weight excluding hydrogens is 296 g/mol. The number of rotatable bonds is 3. The number of H-pyrrole nitrogens is 1. The molecule has 0 radical (unpaired) electrons. The molecule has 11 nitrogen and oxygen atoms in total. The monoisotopic (exact) mass is 312 g/mol. The van der Waals surface area contributed by atoms with E-state index in [1.54, 1.807) is 13.8 Å². The molecule has 1 saturated heterocycles. The molecule has 0 unspecified atom stereocenters. The topological polar surface area (TPSA) is 169 Å². The van der Waals surface area contributed by atoms with Crippen molar-refractivity contribution in [3.05, 3.63) is 38.7 Å². The van der Waals surface area contributed by atoms with Crippen molar-refractivity contribution in [1.82, 2.24) is 9.55 Å². The summed E-state index contributed by atoms with van der Waals surface area (Å²) in [4.78, 5) is 16.2. The number of hydrogen-bond acceptors (Lipinski definition) is 7. The van der Waals surface area contributed by atoms with Gasteiger partial charge in [0.1, 0.15) is 12.3 Å². The summed E-state index contributed by atoms with van der Waals surface area (Å²) in [6.07, 6.45) is -1.00. The number of ether oxygens (including phenoxy) is 1. The molecule has 2 heterocycles. The van der Waals surface area contributed by atoms with Gasteiger partial charge in [0, 0.05) is 22.6 Å². The maximum absolute atomic E-state index is 11.3. The molecule has 0 spiro atoms. The van der Waals surface area contributed by atoms with Gasteiger partial charge in [0.15, 0.2) is 5.72 Å². The van der Waals surface area contributed by atoms with Crippen molar-refractivity contribution in [3.63, 3.8) is 0 Å². The Hall–Kier alpha value is -2.33. The Morgan fingerprint density at radius 3 is 2.82 bits per heavy atom. The summed E-state index contributed by atoms with van der Waals surface area (Å²) in [5, 5.41) is 35.3. The third kappa shape index (κ3) is 2.25. The standard InChI is InChI=1S/C11H16N6O5/c1-10(2)7(20)11(5-18,15-16-12)22-8(10)17-4-3-6(19)13-9(17)14-21/h3-4,7-8,18,20-21H,5H2,1-2H3,(H,13,14,19)/t7-,8+,11+/m0/s1. The van der Waals surface area contributed by atoms with Crippen LogP contribution in [0.1, 0.15) is 20.1 Å². The Morgan fingerprint density at radius 2 is 2.27 bits per heavy atom. The van der Waals surface area contributed by atoms with E-state index >= 15 is 0 Å². The lowest BCUT2D eigenvalue weighted by molar-refractivity contribution is -0.125. The normalized spacial score (nSPS) is 31.0. The molecule has 4 N–H and O–H groups in total. The summed E-state index contributed by atoms with van der Waals surface area (Å²) in [5.74, 6) is 0. The van der Waals surface area contributed by atoms with E-state index in [4.69, 9.17) is 15.5 Å². The van der Waals surface area contributed by atoms with E-state index < -0.39 is 35.6 Å². The number of aromatic amines is 1. The third-order valence-corrected chi connectivity index (χ3v) is 3.74. The Morgan fingerprint density at radius 1 is 1.59 bits per heavy atom. The number of aliphatic hydroxyl groups is 2. The van der Waals surface area contributed by atoms with Crippen LogP contribution in [0.15, 0.2) is 27.3 Å². The fourth-order valence-electron chi connectivity index (χ4n) is 2.55. The van der Waals surface area contributed by atoms with Crippen molar-refractivity contribution < 1.29 is 20.2 Å². The molecule has 0 aromatic carbocycles. The summed E-state index contributed by atoms with van der Waals surface area (Å²) >= 11 is 0. The van der Waals surface area contributed by atoms with Crippen LogP contribution in [0.2, 0.25) is 0 Å². The highest BCUT2D eigenvalue weighted by atomic mass is 16.6. The zero-order valence-corrected chi connectivity index (χ0v) is 11.9. The molecule has 1 aliphatic heterocycles. The molecule has 1 fully saturated rings. The van der Waals surface area contributed by atoms with E-state index in [-0.39, 0.29) is 5.62 Å². The molecule has 0 aliphatic carbocycles. The van der Waals surface area contributed by atoms with Gasteiger partial charge in [-0.05, 0) is 5.53 Å². The van der Waals surface area contributed by atoms with Gasteiger partial charge >= 0.3 is 0 Å². The average molecular weight is 312 g/mol. The maximum Gasteiger partial charge on any atom is 0.252 e. The van der Waals surface area contributed by atoms with Crippen LogP contribution in [0, 0.1) is 5.41 Å². The highest BCUT2D eigenvalue weighted by molar-refractivity contribution is 5.04. The number of nitrogens with one attached hydrogen (secondary N) is 1. The maximum atomic E-state index is 11.3. The van der Waals surface area contributed by atoms with Crippen molar-refractivity contribution in [2.75, 3.05) is 6.61 Å². The summed E-state index contributed by atoms with van der Waals surface area (Å²) in [6.45, 7) is 2.49.